The zero-order chi connectivity index (χ0) is 18.8. The number of nitro benzene ring substituents is 1. The Morgan fingerprint density at radius 1 is 1.41 bits per heavy atom. The molecule has 27 heavy (non-hydrogen) atoms. The van der Waals surface area contributed by atoms with E-state index in [0.717, 1.165) is 6.54 Å². The van der Waals surface area contributed by atoms with Gasteiger partial charge < -0.3 is 14.6 Å². The number of halogens is 1. The molecule has 1 amide bonds. The van der Waals surface area contributed by atoms with Gasteiger partial charge in [-0.3, -0.25) is 19.5 Å². The third-order valence-electron chi connectivity index (χ3n) is 4.99. The van der Waals surface area contributed by atoms with Gasteiger partial charge >= 0.3 is 5.76 Å². The zero-order valence-corrected chi connectivity index (χ0v) is 16.0. The maximum absolute atomic E-state index is 12.5. The average molecular weight is 399 g/mol. The number of benzene rings is 1. The Morgan fingerprint density at radius 2 is 2.15 bits per heavy atom. The third-order valence-corrected chi connectivity index (χ3v) is 4.99. The lowest BCUT2D eigenvalue weighted by molar-refractivity contribution is -0.384. The van der Waals surface area contributed by atoms with Crippen LogP contribution in [0.25, 0.3) is 11.1 Å². The monoisotopic (exact) mass is 398 g/mol. The summed E-state index contributed by atoms with van der Waals surface area (Å²) in [5.74, 6) is -0.501. The Kier molecular flexibility index (Phi) is 6.61. The summed E-state index contributed by atoms with van der Waals surface area (Å²) in [5.41, 5.74) is 0.549. The molecule has 148 valence electrons. The van der Waals surface area contributed by atoms with Gasteiger partial charge in [-0.15, -0.1) is 12.4 Å². The van der Waals surface area contributed by atoms with Gasteiger partial charge in [-0.2, -0.15) is 0 Å². The molecule has 9 nitrogen and oxygen atoms in total. The first kappa shape index (κ1) is 20.9. The second-order valence-corrected chi connectivity index (χ2v) is 6.60. The highest BCUT2D eigenvalue weighted by Gasteiger charge is 2.27. The highest BCUT2D eigenvalue weighted by Crippen LogP contribution is 2.20. The lowest BCUT2D eigenvalue weighted by atomic mass is 10.1. The van der Waals surface area contributed by atoms with Crippen LogP contribution in [0, 0.1) is 10.1 Å². The number of hydrogen-bond donors (Lipinski definition) is 1. The molecule has 2 unspecified atom stereocenters. The smallest absolute Gasteiger partial charge is 0.407 e. The van der Waals surface area contributed by atoms with Gasteiger partial charge in [0, 0.05) is 44.2 Å². The molecule has 1 N–H and O–H groups in total. The first-order valence-electron chi connectivity index (χ1n) is 8.69. The van der Waals surface area contributed by atoms with E-state index in [-0.39, 0.29) is 41.7 Å². The van der Waals surface area contributed by atoms with Crippen LogP contribution in [0.1, 0.15) is 26.7 Å². The number of aromatic nitrogens is 1. The number of piperazine rings is 1. The van der Waals surface area contributed by atoms with Crippen molar-refractivity contribution >= 4 is 35.1 Å². The molecule has 3 rings (SSSR count). The molecule has 0 spiro atoms. The molecule has 2 aromatic rings. The Hall–Kier alpha value is -2.39. The molecule has 0 bridgehead atoms. The van der Waals surface area contributed by atoms with E-state index in [4.69, 9.17) is 4.42 Å². The van der Waals surface area contributed by atoms with Crippen molar-refractivity contribution in [2.45, 2.75) is 45.3 Å². The molecule has 1 aromatic heterocycles. The summed E-state index contributed by atoms with van der Waals surface area (Å²) in [5, 5.41) is 14.2. The van der Waals surface area contributed by atoms with Gasteiger partial charge in [0.1, 0.15) is 0 Å². The summed E-state index contributed by atoms with van der Waals surface area (Å²) in [6.45, 7) is 5.87. The van der Waals surface area contributed by atoms with E-state index < -0.39 is 10.7 Å². The predicted octanol–water partition coefficient (Wildman–Crippen LogP) is 1.91. The Morgan fingerprint density at radius 3 is 2.85 bits per heavy atom. The molecule has 0 radical (unpaired) electrons. The fourth-order valence-electron chi connectivity index (χ4n) is 3.32. The Bertz CT molecular complexity index is 893. The molecule has 1 saturated heterocycles. The van der Waals surface area contributed by atoms with E-state index in [0.29, 0.717) is 31.4 Å². The van der Waals surface area contributed by atoms with Crippen LogP contribution in [0.2, 0.25) is 0 Å². The molecular formula is C17H23ClN4O5. The van der Waals surface area contributed by atoms with E-state index in [1.54, 1.807) is 0 Å². The normalized spacial score (nSPS) is 19.7. The number of nitrogens with one attached hydrogen (secondary N) is 1. The first-order chi connectivity index (χ1) is 12.4. The second-order valence-electron chi connectivity index (χ2n) is 6.60. The van der Waals surface area contributed by atoms with E-state index >= 15 is 0 Å². The van der Waals surface area contributed by atoms with E-state index in [1.807, 2.05) is 11.8 Å². The van der Waals surface area contributed by atoms with Crippen molar-refractivity contribution in [1.82, 2.24) is 14.8 Å². The highest BCUT2D eigenvalue weighted by atomic mass is 35.5. The summed E-state index contributed by atoms with van der Waals surface area (Å²) in [6.07, 6.45) is 0.832. The number of oxazole rings is 1. The van der Waals surface area contributed by atoms with E-state index in [2.05, 4.69) is 12.2 Å². The molecule has 1 aliphatic rings. The van der Waals surface area contributed by atoms with Crippen LogP contribution >= 0.6 is 12.4 Å². The molecule has 1 aromatic carbocycles. The summed E-state index contributed by atoms with van der Waals surface area (Å²) in [4.78, 5) is 36.6. The van der Waals surface area contributed by atoms with Gasteiger partial charge in [0.2, 0.25) is 5.91 Å². The summed E-state index contributed by atoms with van der Waals surface area (Å²) in [6, 6.07) is 4.46. The highest BCUT2D eigenvalue weighted by molar-refractivity contribution is 5.85. The third kappa shape index (κ3) is 4.30. The van der Waals surface area contributed by atoms with Gasteiger partial charge in [0.25, 0.3) is 5.69 Å². The molecule has 1 fully saturated rings. The minimum absolute atomic E-state index is 0. The average Bonchev–Trinajstić information content (AvgIpc) is 2.92. The number of rotatable bonds is 5. The number of nitro groups is 1. The topological polar surface area (TPSA) is 111 Å². The number of nitrogens with zero attached hydrogens (tertiary/aromatic N) is 3. The van der Waals surface area contributed by atoms with Crippen molar-refractivity contribution in [2.75, 3.05) is 13.1 Å². The Balaban J connectivity index is 0.00000261. The molecule has 10 heteroatoms. The number of aryl methyl sites for hydroxylation is 1. The quantitative estimate of drug-likeness (QED) is 0.608. The number of fused-ring (bicyclic) bond motifs is 1. The predicted molar refractivity (Wildman–Crippen MR) is 102 cm³/mol. The number of carbonyl (C=O) groups excluding carboxylic acids is 1. The molecular weight excluding hydrogens is 376 g/mol. The van der Waals surface area contributed by atoms with Crippen LogP contribution in [-0.4, -0.2) is 45.5 Å². The van der Waals surface area contributed by atoms with Crippen molar-refractivity contribution in [1.29, 1.82) is 0 Å². The van der Waals surface area contributed by atoms with Crippen LogP contribution in [0.3, 0.4) is 0 Å². The molecule has 2 atom stereocenters. The Labute approximate surface area is 161 Å². The van der Waals surface area contributed by atoms with Gasteiger partial charge in [-0.1, -0.05) is 0 Å². The minimum atomic E-state index is -0.572. The minimum Gasteiger partial charge on any atom is -0.407 e. The van der Waals surface area contributed by atoms with Crippen LogP contribution in [0.5, 0.6) is 0 Å². The number of non-ortho nitro benzene ring substituents is 1. The SMILES string of the molecule is CC1NCCN(C(=O)CCCn2c(=O)oc3cc([N+](=O)[O-])ccc32)C1C.Cl. The van der Waals surface area contributed by atoms with Crippen molar-refractivity contribution < 1.29 is 14.1 Å². The largest absolute Gasteiger partial charge is 0.419 e. The summed E-state index contributed by atoms with van der Waals surface area (Å²) < 4.78 is 6.51. The number of carbonyl (C=O) groups is 1. The standard InChI is InChI=1S/C17H22N4O5.ClH/c1-11-12(2)19(9-7-18-11)16(22)4-3-8-20-14-6-5-13(21(24)25)10-15(14)26-17(20)23;/h5-6,10-12,18H,3-4,7-9H2,1-2H3;1H. The van der Waals surface area contributed by atoms with Crippen molar-refractivity contribution in [3.05, 3.63) is 38.9 Å². The van der Waals surface area contributed by atoms with Crippen molar-refractivity contribution in [2.24, 2.45) is 0 Å². The lowest BCUT2D eigenvalue weighted by Gasteiger charge is -2.38. The maximum Gasteiger partial charge on any atom is 0.419 e. The van der Waals surface area contributed by atoms with E-state index in [1.165, 1.54) is 22.8 Å². The fourth-order valence-corrected chi connectivity index (χ4v) is 3.32. The zero-order valence-electron chi connectivity index (χ0n) is 15.2. The van der Waals surface area contributed by atoms with Crippen molar-refractivity contribution in [3.8, 4) is 0 Å². The van der Waals surface area contributed by atoms with Gasteiger partial charge in [0.15, 0.2) is 5.58 Å². The second kappa shape index (κ2) is 8.53. The molecule has 1 aliphatic heterocycles. The number of hydrogen-bond acceptors (Lipinski definition) is 6. The van der Waals surface area contributed by atoms with E-state index in [9.17, 15) is 19.7 Å². The van der Waals surface area contributed by atoms with Crippen LogP contribution in [0.15, 0.2) is 27.4 Å². The lowest BCUT2D eigenvalue weighted by Crippen LogP contribution is -2.57. The van der Waals surface area contributed by atoms with Crippen LogP contribution in [0.4, 0.5) is 5.69 Å². The molecule has 0 aliphatic carbocycles. The number of amides is 1. The molecule has 2 heterocycles. The van der Waals surface area contributed by atoms with Crippen LogP contribution in [-0.2, 0) is 11.3 Å². The molecule has 0 saturated carbocycles. The van der Waals surface area contributed by atoms with Gasteiger partial charge in [-0.25, -0.2) is 4.79 Å². The van der Waals surface area contributed by atoms with Crippen LogP contribution < -0.4 is 11.1 Å². The first-order valence-corrected chi connectivity index (χ1v) is 8.69. The maximum atomic E-state index is 12.5. The van der Waals surface area contributed by atoms with Gasteiger partial charge in [-0.05, 0) is 26.3 Å². The van der Waals surface area contributed by atoms with Gasteiger partial charge in [0.05, 0.1) is 16.5 Å². The van der Waals surface area contributed by atoms with Crippen molar-refractivity contribution in [3.63, 3.8) is 0 Å². The summed E-state index contributed by atoms with van der Waals surface area (Å²) in [7, 11) is 0. The summed E-state index contributed by atoms with van der Waals surface area (Å²) >= 11 is 0. The fraction of sp³-hybridized carbons (Fsp3) is 0.529.